The second-order valence-corrected chi connectivity index (χ2v) is 6.57. The largest absolute Gasteiger partial charge is 0.383 e. The summed E-state index contributed by atoms with van der Waals surface area (Å²) in [6.45, 7) is 8.86. The minimum absolute atomic E-state index is 0. The molecular weight excluding hydrogens is 443 g/mol. The molecule has 0 bridgehead atoms. The number of guanidine groups is 1. The maximum Gasteiger partial charge on any atom is 0.191 e. The number of hydrogen-bond donors (Lipinski definition) is 3. The van der Waals surface area contributed by atoms with Gasteiger partial charge in [0, 0.05) is 39.0 Å². The number of benzene rings is 1. The normalized spacial score (nSPS) is 19.7. The number of hydrogen-bond acceptors (Lipinski definition) is 4. The number of nitrogens with one attached hydrogen (secondary N) is 3. The topological polar surface area (TPSA) is 66.9 Å². The van der Waals surface area contributed by atoms with E-state index in [0.29, 0.717) is 13.2 Å². The van der Waals surface area contributed by atoms with E-state index in [9.17, 15) is 0 Å². The molecule has 1 heterocycles. The van der Waals surface area contributed by atoms with Crippen LogP contribution in [0.5, 0.6) is 0 Å². The third kappa shape index (κ3) is 8.09. The van der Waals surface area contributed by atoms with Crippen LogP contribution >= 0.6 is 24.0 Å². The summed E-state index contributed by atoms with van der Waals surface area (Å²) in [5.74, 6) is 0.835. The molecule has 1 aromatic carbocycles. The van der Waals surface area contributed by atoms with Gasteiger partial charge in [-0.05, 0) is 44.4 Å². The van der Waals surface area contributed by atoms with Gasteiger partial charge in [-0.1, -0.05) is 12.1 Å². The Hall–Kier alpha value is -1.06. The summed E-state index contributed by atoms with van der Waals surface area (Å²) in [6, 6.07) is 8.36. The van der Waals surface area contributed by atoms with Crippen LogP contribution in [-0.2, 0) is 16.0 Å². The molecule has 2 rings (SSSR count). The highest BCUT2D eigenvalue weighted by Gasteiger charge is 2.29. The van der Waals surface area contributed by atoms with Crippen LogP contribution in [-0.4, -0.2) is 51.5 Å². The molecule has 0 aliphatic carbocycles. The lowest BCUT2D eigenvalue weighted by atomic mass is 10.0. The van der Waals surface area contributed by atoms with E-state index in [1.54, 1.807) is 7.11 Å². The first-order valence-corrected chi connectivity index (χ1v) is 9.13. The van der Waals surface area contributed by atoms with Crippen molar-refractivity contribution in [3.05, 3.63) is 29.8 Å². The molecule has 0 aromatic heterocycles. The molecule has 0 radical (unpaired) electrons. The quantitative estimate of drug-likeness (QED) is 0.221. The van der Waals surface area contributed by atoms with Crippen molar-refractivity contribution >= 4 is 35.6 Å². The van der Waals surface area contributed by atoms with E-state index >= 15 is 0 Å². The highest BCUT2D eigenvalue weighted by atomic mass is 127. The molecule has 26 heavy (non-hydrogen) atoms. The van der Waals surface area contributed by atoms with Gasteiger partial charge >= 0.3 is 0 Å². The van der Waals surface area contributed by atoms with Gasteiger partial charge in [-0.25, -0.2) is 4.99 Å². The van der Waals surface area contributed by atoms with Gasteiger partial charge in [-0.3, -0.25) is 0 Å². The van der Waals surface area contributed by atoms with Crippen molar-refractivity contribution in [2.45, 2.75) is 38.8 Å². The van der Waals surface area contributed by atoms with Gasteiger partial charge in [-0.2, -0.15) is 0 Å². The molecule has 1 fully saturated rings. The summed E-state index contributed by atoms with van der Waals surface area (Å²) < 4.78 is 10.9. The average molecular weight is 476 g/mol. The van der Waals surface area contributed by atoms with Crippen LogP contribution in [0.3, 0.4) is 0 Å². The zero-order valence-electron chi connectivity index (χ0n) is 16.1. The van der Waals surface area contributed by atoms with Crippen LogP contribution in [0, 0.1) is 0 Å². The Morgan fingerprint density at radius 1 is 1.27 bits per heavy atom. The summed E-state index contributed by atoms with van der Waals surface area (Å²) in [5.41, 5.74) is 2.20. The predicted molar refractivity (Wildman–Crippen MR) is 119 cm³/mol. The summed E-state index contributed by atoms with van der Waals surface area (Å²) >= 11 is 0. The molecule has 1 saturated heterocycles. The van der Waals surface area contributed by atoms with Crippen molar-refractivity contribution < 1.29 is 9.47 Å². The second kappa shape index (κ2) is 12.3. The van der Waals surface area contributed by atoms with Gasteiger partial charge in [0.25, 0.3) is 0 Å². The maximum atomic E-state index is 5.82. The molecule has 148 valence electrons. The molecule has 1 aromatic rings. The Balaban J connectivity index is 0.00000338. The Kier molecular flexibility index (Phi) is 10.9. The van der Waals surface area contributed by atoms with Crippen molar-refractivity contribution in [1.29, 1.82) is 0 Å². The van der Waals surface area contributed by atoms with Gasteiger partial charge in [0.1, 0.15) is 0 Å². The fraction of sp³-hybridized carbons (Fsp3) is 0.632. The van der Waals surface area contributed by atoms with Gasteiger partial charge in [-0.15, -0.1) is 24.0 Å². The van der Waals surface area contributed by atoms with E-state index in [1.807, 2.05) is 0 Å². The molecule has 7 heteroatoms. The summed E-state index contributed by atoms with van der Waals surface area (Å²) in [5, 5.41) is 10.0. The Morgan fingerprint density at radius 2 is 2.04 bits per heavy atom. The molecule has 1 unspecified atom stereocenters. The number of halogens is 1. The zero-order valence-corrected chi connectivity index (χ0v) is 18.5. The van der Waals surface area contributed by atoms with E-state index in [1.165, 1.54) is 5.56 Å². The Morgan fingerprint density at radius 3 is 2.65 bits per heavy atom. The molecule has 1 aliphatic rings. The average Bonchev–Trinajstić information content (AvgIpc) is 3.06. The number of aliphatic imine (C=N–C) groups is 1. The van der Waals surface area contributed by atoms with Crippen LogP contribution in [0.1, 0.15) is 32.3 Å². The second-order valence-electron chi connectivity index (χ2n) is 6.57. The van der Waals surface area contributed by atoms with Crippen LogP contribution in [0.2, 0.25) is 0 Å². The minimum atomic E-state index is -0.0777. The summed E-state index contributed by atoms with van der Waals surface area (Å²) in [7, 11) is 1.71. The molecule has 6 nitrogen and oxygen atoms in total. The lowest BCUT2D eigenvalue weighted by Gasteiger charge is -2.24. The molecule has 3 N–H and O–H groups in total. The molecular formula is C19H33IN4O2. The summed E-state index contributed by atoms with van der Waals surface area (Å²) in [6.07, 6.45) is 2.23. The Labute approximate surface area is 174 Å². The number of rotatable bonds is 9. The maximum absolute atomic E-state index is 5.82. The van der Waals surface area contributed by atoms with E-state index in [4.69, 9.17) is 9.47 Å². The SMILES string of the molecule is CCNC(=NCc1ccc(NCCOC)cc1)NCC1(C)CCCO1.I. The highest BCUT2D eigenvalue weighted by molar-refractivity contribution is 14.0. The van der Waals surface area contributed by atoms with E-state index in [-0.39, 0.29) is 29.6 Å². The first kappa shape index (κ1) is 23.0. The zero-order chi connectivity index (χ0) is 18.0. The number of nitrogens with zero attached hydrogens (tertiary/aromatic N) is 1. The van der Waals surface area contributed by atoms with Crippen LogP contribution in [0.4, 0.5) is 5.69 Å². The monoisotopic (exact) mass is 476 g/mol. The number of methoxy groups -OCH3 is 1. The summed E-state index contributed by atoms with van der Waals surface area (Å²) in [4.78, 5) is 4.68. The van der Waals surface area contributed by atoms with Crippen molar-refractivity contribution in [2.24, 2.45) is 4.99 Å². The first-order valence-electron chi connectivity index (χ1n) is 9.13. The molecule has 1 aliphatic heterocycles. The van der Waals surface area contributed by atoms with E-state index in [0.717, 1.165) is 50.7 Å². The van der Waals surface area contributed by atoms with Gasteiger partial charge in [0.05, 0.1) is 18.8 Å². The first-order chi connectivity index (χ1) is 12.1. The van der Waals surface area contributed by atoms with Crippen molar-refractivity contribution in [3.8, 4) is 0 Å². The van der Waals surface area contributed by atoms with Gasteiger partial charge in [0.2, 0.25) is 0 Å². The van der Waals surface area contributed by atoms with E-state index in [2.05, 4.69) is 59.1 Å². The van der Waals surface area contributed by atoms with Gasteiger partial charge < -0.3 is 25.4 Å². The fourth-order valence-corrected chi connectivity index (χ4v) is 2.78. The van der Waals surface area contributed by atoms with Crippen molar-refractivity contribution in [1.82, 2.24) is 10.6 Å². The van der Waals surface area contributed by atoms with E-state index < -0.39 is 0 Å². The minimum Gasteiger partial charge on any atom is -0.383 e. The third-order valence-corrected chi connectivity index (χ3v) is 4.28. The molecule has 1 atom stereocenters. The molecule has 0 amide bonds. The number of ether oxygens (including phenoxy) is 2. The van der Waals surface area contributed by atoms with Crippen molar-refractivity contribution in [2.75, 3.05) is 45.3 Å². The smallest absolute Gasteiger partial charge is 0.191 e. The van der Waals surface area contributed by atoms with Crippen LogP contribution in [0.25, 0.3) is 0 Å². The third-order valence-electron chi connectivity index (χ3n) is 4.28. The molecule has 0 spiro atoms. The lowest BCUT2D eigenvalue weighted by molar-refractivity contribution is 0.0243. The lowest BCUT2D eigenvalue weighted by Crippen LogP contribution is -2.45. The van der Waals surface area contributed by atoms with Crippen LogP contribution < -0.4 is 16.0 Å². The molecule has 0 saturated carbocycles. The number of anilines is 1. The standard InChI is InChI=1S/C19H32N4O2.HI/c1-4-20-18(23-15-19(2)10-5-12-25-19)22-14-16-6-8-17(9-7-16)21-11-13-24-3;/h6-9,21H,4-5,10-15H2,1-3H3,(H2,20,22,23);1H. The van der Waals surface area contributed by atoms with Crippen molar-refractivity contribution in [3.63, 3.8) is 0 Å². The van der Waals surface area contributed by atoms with Gasteiger partial charge in [0.15, 0.2) is 5.96 Å². The fourth-order valence-electron chi connectivity index (χ4n) is 2.78. The van der Waals surface area contributed by atoms with Crippen LogP contribution in [0.15, 0.2) is 29.3 Å². The predicted octanol–water partition coefficient (Wildman–Crippen LogP) is 2.99. The highest BCUT2D eigenvalue weighted by Crippen LogP contribution is 2.23. The Bertz CT molecular complexity index is 531.